The Balaban J connectivity index is 1.97. The number of aryl methyl sites for hydroxylation is 1. The first-order valence-electron chi connectivity index (χ1n) is 8.04. The van der Waals surface area contributed by atoms with Crippen LogP contribution in [0.2, 0.25) is 0 Å². The highest BCUT2D eigenvalue weighted by molar-refractivity contribution is 6.00. The Morgan fingerprint density at radius 1 is 0.917 bits per heavy atom. The van der Waals surface area contributed by atoms with Crippen LogP contribution in [0.4, 0.5) is 16.2 Å². The lowest BCUT2D eigenvalue weighted by atomic mass is 10.1. The quantitative estimate of drug-likeness (QED) is 0.775. The van der Waals surface area contributed by atoms with Crippen molar-refractivity contribution in [2.24, 2.45) is 0 Å². The summed E-state index contributed by atoms with van der Waals surface area (Å²) in [5.74, 6) is 1.23. The highest BCUT2D eigenvalue weighted by Gasteiger charge is 2.06. The molecular formula is C19H24N2O3. The van der Waals surface area contributed by atoms with E-state index in [2.05, 4.69) is 17.6 Å². The summed E-state index contributed by atoms with van der Waals surface area (Å²) in [4.78, 5) is 12.1. The van der Waals surface area contributed by atoms with Gasteiger partial charge in [-0.15, -0.1) is 0 Å². The largest absolute Gasteiger partial charge is 0.497 e. The van der Waals surface area contributed by atoms with Gasteiger partial charge in [0.2, 0.25) is 0 Å². The molecule has 0 radical (unpaired) electrons. The van der Waals surface area contributed by atoms with E-state index in [0.29, 0.717) is 17.2 Å². The van der Waals surface area contributed by atoms with E-state index < -0.39 is 0 Å². The van der Waals surface area contributed by atoms with Crippen LogP contribution >= 0.6 is 0 Å². The third-order valence-electron chi connectivity index (χ3n) is 3.64. The van der Waals surface area contributed by atoms with Crippen LogP contribution < -0.4 is 20.1 Å². The highest BCUT2D eigenvalue weighted by Crippen LogP contribution is 2.25. The van der Waals surface area contributed by atoms with E-state index in [-0.39, 0.29) is 6.03 Å². The molecule has 0 saturated carbocycles. The van der Waals surface area contributed by atoms with Gasteiger partial charge in [-0.25, -0.2) is 4.79 Å². The molecule has 0 saturated heterocycles. The first kappa shape index (κ1) is 17.7. The normalized spacial score (nSPS) is 10.1. The molecule has 0 aliphatic heterocycles. The Hall–Kier alpha value is -2.69. The second kappa shape index (κ2) is 8.82. The molecule has 2 amide bonds. The topological polar surface area (TPSA) is 59.6 Å². The van der Waals surface area contributed by atoms with Gasteiger partial charge in [0.25, 0.3) is 0 Å². The third kappa shape index (κ3) is 5.19. The van der Waals surface area contributed by atoms with Crippen LogP contribution in [0.5, 0.6) is 11.5 Å². The van der Waals surface area contributed by atoms with E-state index in [1.54, 1.807) is 32.4 Å². The fourth-order valence-corrected chi connectivity index (χ4v) is 2.31. The molecule has 2 aromatic carbocycles. The molecule has 0 unspecified atom stereocenters. The van der Waals surface area contributed by atoms with Gasteiger partial charge in [-0.2, -0.15) is 0 Å². The van der Waals surface area contributed by atoms with E-state index in [0.717, 1.165) is 12.1 Å². The van der Waals surface area contributed by atoms with E-state index in [1.807, 2.05) is 24.3 Å². The van der Waals surface area contributed by atoms with Gasteiger partial charge in [-0.3, -0.25) is 0 Å². The molecule has 0 aliphatic rings. The number of unbranched alkanes of at least 4 members (excludes halogenated alkanes) is 1. The van der Waals surface area contributed by atoms with Crippen LogP contribution in [0, 0.1) is 0 Å². The summed E-state index contributed by atoms with van der Waals surface area (Å²) in [6.07, 6.45) is 3.41. The van der Waals surface area contributed by atoms with Gasteiger partial charge in [0, 0.05) is 29.6 Å². The molecule has 0 heterocycles. The summed E-state index contributed by atoms with van der Waals surface area (Å²) in [6.45, 7) is 2.17. The summed E-state index contributed by atoms with van der Waals surface area (Å²) in [5, 5.41) is 5.60. The maximum atomic E-state index is 12.1. The molecule has 0 aromatic heterocycles. The van der Waals surface area contributed by atoms with Gasteiger partial charge >= 0.3 is 6.03 Å². The van der Waals surface area contributed by atoms with Crippen molar-refractivity contribution < 1.29 is 14.3 Å². The first-order chi connectivity index (χ1) is 11.6. The van der Waals surface area contributed by atoms with Gasteiger partial charge in [0.1, 0.15) is 11.5 Å². The fourth-order valence-electron chi connectivity index (χ4n) is 2.31. The van der Waals surface area contributed by atoms with Gasteiger partial charge in [-0.1, -0.05) is 25.5 Å². The first-order valence-corrected chi connectivity index (χ1v) is 8.04. The van der Waals surface area contributed by atoms with Gasteiger partial charge in [0.15, 0.2) is 0 Å². The molecule has 0 spiro atoms. The predicted octanol–water partition coefficient (Wildman–Crippen LogP) is 4.69. The second-order valence-electron chi connectivity index (χ2n) is 5.48. The Morgan fingerprint density at radius 2 is 1.50 bits per heavy atom. The summed E-state index contributed by atoms with van der Waals surface area (Å²) >= 11 is 0. The molecule has 2 aromatic rings. The van der Waals surface area contributed by atoms with Crippen molar-refractivity contribution in [2.45, 2.75) is 26.2 Å². The van der Waals surface area contributed by atoms with Crippen molar-refractivity contribution in [3.8, 4) is 11.5 Å². The zero-order valence-corrected chi connectivity index (χ0v) is 14.4. The number of nitrogens with one attached hydrogen (secondary N) is 2. The van der Waals surface area contributed by atoms with Crippen LogP contribution in [-0.2, 0) is 6.42 Å². The Bertz CT molecular complexity index is 647. The maximum Gasteiger partial charge on any atom is 0.323 e. The Morgan fingerprint density at radius 3 is 2.04 bits per heavy atom. The Kier molecular flexibility index (Phi) is 6.49. The smallest absolute Gasteiger partial charge is 0.323 e. The molecular weight excluding hydrogens is 304 g/mol. The van der Waals surface area contributed by atoms with E-state index in [9.17, 15) is 4.79 Å². The number of hydrogen-bond donors (Lipinski definition) is 2. The van der Waals surface area contributed by atoms with E-state index in [4.69, 9.17) is 9.47 Å². The fraction of sp³-hybridized carbons (Fsp3) is 0.316. The monoisotopic (exact) mass is 328 g/mol. The SMILES string of the molecule is CCCCc1ccc(NC(=O)Nc2cc(OC)cc(OC)c2)cc1. The molecule has 0 fully saturated rings. The van der Waals surface area contributed by atoms with Crippen LogP contribution in [0.1, 0.15) is 25.3 Å². The van der Waals surface area contributed by atoms with Crippen molar-refractivity contribution in [1.29, 1.82) is 0 Å². The molecule has 5 heteroatoms. The zero-order chi connectivity index (χ0) is 17.4. The molecule has 5 nitrogen and oxygen atoms in total. The van der Waals surface area contributed by atoms with Gasteiger partial charge in [-0.05, 0) is 30.5 Å². The minimum Gasteiger partial charge on any atom is -0.497 e. The lowest BCUT2D eigenvalue weighted by Gasteiger charge is -2.11. The number of rotatable bonds is 7. The molecule has 24 heavy (non-hydrogen) atoms. The molecule has 0 aliphatic carbocycles. The van der Waals surface area contributed by atoms with Crippen molar-refractivity contribution in [3.63, 3.8) is 0 Å². The minimum atomic E-state index is -0.313. The highest BCUT2D eigenvalue weighted by atomic mass is 16.5. The number of ether oxygens (including phenoxy) is 2. The number of benzene rings is 2. The van der Waals surface area contributed by atoms with Crippen LogP contribution in [0.15, 0.2) is 42.5 Å². The lowest BCUT2D eigenvalue weighted by molar-refractivity contribution is 0.262. The number of methoxy groups -OCH3 is 2. The third-order valence-corrected chi connectivity index (χ3v) is 3.64. The van der Waals surface area contributed by atoms with Crippen molar-refractivity contribution in [1.82, 2.24) is 0 Å². The molecule has 0 atom stereocenters. The predicted molar refractivity (Wildman–Crippen MR) is 97.2 cm³/mol. The average molecular weight is 328 g/mol. The number of urea groups is 1. The van der Waals surface area contributed by atoms with Crippen LogP contribution in [-0.4, -0.2) is 20.3 Å². The molecule has 128 valence electrons. The summed E-state index contributed by atoms with van der Waals surface area (Å²) in [5.41, 5.74) is 2.63. The van der Waals surface area contributed by atoms with Crippen LogP contribution in [0.3, 0.4) is 0 Å². The van der Waals surface area contributed by atoms with Crippen molar-refractivity contribution in [2.75, 3.05) is 24.9 Å². The summed E-state index contributed by atoms with van der Waals surface area (Å²) in [7, 11) is 3.14. The van der Waals surface area contributed by atoms with Crippen molar-refractivity contribution in [3.05, 3.63) is 48.0 Å². The van der Waals surface area contributed by atoms with E-state index >= 15 is 0 Å². The standard InChI is InChI=1S/C19H24N2O3/c1-4-5-6-14-7-9-15(10-8-14)20-19(22)21-16-11-17(23-2)13-18(12-16)24-3/h7-13H,4-6H2,1-3H3,(H2,20,21,22). The average Bonchev–Trinajstić information content (AvgIpc) is 2.60. The number of anilines is 2. The second-order valence-corrected chi connectivity index (χ2v) is 5.48. The molecule has 2 N–H and O–H groups in total. The number of carbonyl (C=O) groups excluding carboxylic acids is 1. The van der Waals surface area contributed by atoms with Gasteiger partial charge < -0.3 is 20.1 Å². The van der Waals surface area contributed by atoms with Crippen LogP contribution in [0.25, 0.3) is 0 Å². The number of carbonyl (C=O) groups is 1. The summed E-state index contributed by atoms with van der Waals surface area (Å²) < 4.78 is 10.4. The zero-order valence-electron chi connectivity index (χ0n) is 14.4. The van der Waals surface area contributed by atoms with Crippen molar-refractivity contribution >= 4 is 17.4 Å². The van der Waals surface area contributed by atoms with E-state index in [1.165, 1.54) is 18.4 Å². The minimum absolute atomic E-state index is 0.313. The number of amides is 2. The summed E-state index contributed by atoms with van der Waals surface area (Å²) in [6, 6.07) is 12.8. The number of hydrogen-bond acceptors (Lipinski definition) is 3. The van der Waals surface area contributed by atoms with Gasteiger partial charge in [0.05, 0.1) is 14.2 Å². The maximum absolute atomic E-state index is 12.1. The Labute approximate surface area is 143 Å². The molecule has 2 rings (SSSR count). The molecule has 0 bridgehead atoms. The lowest BCUT2D eigenvalue weighted by Crippen LogP contribution is -2.19.